The van der Waals surface area contributed by atoms with E-state index in [1.54, 1.807) is 17.2 Å². The molecule has 0 aliphatic carbocycles. The van der Waals surface area contributed by atoms with Crippen molar-refractivity contribution in [3.63, 3.8) is 0 Å². The van der Waals surface area contributed by atoms with Gasteiger partial charge < -0.3 is 9.02 Å². The summed E-state index contributed by atoms with van der Waals surface area (Å²) in [4.78, 5) is 17.3. The topological polar surface area (TPSA) is 72.9 Å². The van der Waals surface area contributed by atoms with Gasteiger partial charge in [-0.15, -0.1) is 5.06 Å². The second kappa shape index (κ2) is 11.1. The largest absolute Gasteiger partial charge is 0.420 e. The third-order valence-electron chi connectivity index (χ3n) is 5.90. The highest BCUT2D eigenvalue weighted by Crippen LogP contribution is 2.39. The molecule has 0 radical (unpaired) electrons. The Morgan fingerprint density at radius 3 is 2.22 bits per heavy atom. The van der Waals surface area contributed by atoms with Gasteiger partial charge in [-0.25, -0.2) is 4.79 Å². The van der Waals surface area contributed by atoms with Crippen LogP contribution in [0, 0.1) is 11.3 Å². The number of hydroxylamine groups is 2. The molecule has 0 atom stereocenters. The molecular weight excluding hydrogens is 563 g/mol. The van der Waals surface area contributed by atoms with Crippen LogP contribution in [0.2, 0.25) is 0 Å². The maximum absolute atomic E-state index is 13.3. The van der Waals surface area contributed by atoms with Crippen LogP contribution in [0.3, 0.4) is 0 Å². The molecule has 0 spiro atoms. The van der Waals surface area contributed by atoms with Crippen LogP contribution < -0.4 is 4.18 Å². The number of alkyl halides is 3. The average Bonchev–Trinajstić information content (AvgIpc) is 2.78. The Morgan fingerprint density at radius 2 is 1.67 bits per heavy atom. The third kappa shape index (κ3) is 7.69. The quantitative estimate of drug-likeness (QED) is 0.348. The molecule has 1 fully saturated rings. The number of carbonyl (C=O) groups is 1. The minimum atomic E-state index is -4.77. The number of hydrogen-bond acceptors (Lipinski definition) is 6. The Balaban J connectivity index is 1.55. The van der Waals surface area contributed by atoms with Crippen molar-refractivity contribution in [3.05, 3.63) is 58.1 Å². The molecule has 0 amide bonds. The molecule has 0 saturated carbocycles. The lowest BCUT2D eigenvalue weighted by Gasteiger charge is -2.32. The highest BCUT2D eigenvalue weighted by molar-refractivity contribution is 9.10. The molecule has 1 heterocycles. The zero-order valence-electron chi connectivity index (χ0n) is 20.3. The van der Waals surface area contributed by atoms with Gasteiger partial charge in [0.25, 0.3) is 0 Å². The first-order chi connectivity index (χ1) is 16.6. The molecule has 1 saturated heterocycles. The van der Waals surface area contributed by atoms with E-state index >= 15 is 0 Å². The van der Waals surface area contributed by atoms with Crippen molar-refractivity contribution in [3.8, 4) is 5.75 Å². The zero-order valence-corrected chi connectivity index (χ0v) is 22.7. The summed E-state index contributed by atoms with van der Waals surface area (Å²) in [5.74, 6) is -0.594. The molecule has 1 aliphatic heterocycles. The van der Waals surface area contributed by atoms with Crippen LogP contribution in [0.4, 0.5) is 13.2 Å². The van der Waals surface area contributed by atoms with Crippen LogP contribution in [-0.4, -0.2) is 32.5 Å². The number of hydrogen-bond donors (Lipinski definition) is 0. The summed E-state index contributed by atoms with van der Waals surface area (Å²) in [6, 6.07) is 8.98. The van der Waals surface area contributed by atoms with E-state index in [-0.39, 0.29) is 15.3 Å². The number of rotatable bonds is 7. The molecule has 1 aliphatic rings. The Labute approximate surface area is 218 Å². The number of halogens is 4. The summed E-state index contributed by atoms with van der Waals surface area (Å²) in [5.41, 5.74) is -0.827. The number of benzene rings is 2. The normalized spacial score (nSPS) is 16.1. The van der Waals surface area contributed by atoms with E-state index in [9.17, 15) is 26.4 Å². The zero-order chi connectivity index (χ0) is 26.7. The smallest absolute Gasteiger partial charge is 0.378 e. The van der Waals surface area contributed by atoms with E-state index in [2.05, 4.69) is 15.9 Å². The van der Waals surface area contributed by atoms with Crippen molar-refractivity contribution in [1.29, 1.82) is 0 Å². The molecule has 0 N–H and O–H groups in total. The van der Waals surface area contributed by atoms with Gasteiger partial charge in [0.15, 0.2) is 5.75 Å². The number of aryl methyl sites for hydroxylation is 1. The lowest BCUT2D eigenvalue weighted by Crippen LogP contribution is -2.38. The summed E-state index contributed by atoms with van der Waals surface area (Å²) < 4.78 is 70.1. The number of piperidine rings is 1. The van der Waals surface area contributed by atoms with Gasteiger partial charge in [-0.05, 0) is 88.3 Å². The fraction of sp³-hybridized carbons (Fsp3) is 0.480. The van der Waals surface area contributed by atoms with Gasteiger partial charge in [0, 0.05) is 17.6 Å². The van der Waals surface area contributed by atoms with Gasteiger partial charge in [0.2, 0.25) is 0 Å². The van der Waals surface area contributed by atoms with E-state index in [4.69, 9.17) is 9.02 Å². The summed E-state index contributed by atoms with van der Waals surface area (Å²) in [5, 5.41) is 1.71. The average molecular weight is 592 g/mol. The van der Waals surface area contributed by atoms with E-state index < -0.39 is 33.0 Å². The molecule has 11 heteroatoms. The molecule has 3 rings (SSSR count). The summed E-state index contributed by atoms with van der Waals surface area (Å²) in [7, 11) is -4.45. The molecule has 0 bridgehead atoms. The van der Waals surface area contributed by atoms with Crippen molar-refractivity contribution in [1.82, 2.24) is 5.06 Å². The lowest BCUT2D eigenvalue weighted by atomic mass is 9.91. The first-order valence-electron chi connectivity index (χ1n) is 11.5. The van der Waals surface area contributed by atoms with Crippen LogP contribution in [0.1, 0.15) is 51.2 Å². The van der Waals surface area contributed by atoms with Gasteiger partial charge in [-0.3, -0.25) is 0 Å². The SMILES string of the molecule is CC(C)(C)C(=O)ON1CCC(CCc2ccc(S(=O)(=O)Oc3ccc(Br)cc3C(F)(F)F)cc2)CC1. The van der Waals surface area contributed by atoms with E-state index in [0.29, 0.717) is 19.0 Å². The summed E-state index contributed by atoms with van der Waals surface area (Å²) in [6.07, 6.45) is -1.40. The van der Waals surface area contributed by atoms with Crippen LogP contribution in [0.5, 0.6) is 5.75 Å². The van der Waals surface area contributed by atoms with E-state index in [1.165, 1.54) is 18.2 Å². The van der Waals surface area contributed by atoms with Gasteiger partial charge in [0.1, 0.15) is 10.5 Å². The van der Waals surface area contributed by atoms with Crippen molar-refractivity contribution in [2.24, 2.45) is 11.3 Å². The molecular formula is C25H29BrF3NO5S. The van der Waals surface area contributed by atoms with E-state index in [1.807, 2.05) is 20.8 Å². The van der Waals surface area contributed by atoms with Crippen molar-refractivity contribution < 1.29 is 35.4 Å². The second-order valence-corrected chi connectivity index (χ2v) is 12.3. The Morgan fingerprint density at radius 1 is 1.06 bits per heavy atom. The van der Waals surface area contributed by atoms with Crippen molar-refractivity contribution in [2.75, 3.05) is 13.1 Å². The molecule has 6 nitrogen and oxygen atoms in total. The Kier molecular flexibility index (Phi) is 8.78. The fourth-order valence-corrected chi connectivity index (χ4v) is 5.01. The number of nitrogens with zero attached hydrogens (tertiary/aromatic N) is 1. The van der Waals surface area contributed by atoms with Gasteiger partial charge >= 0.3 is 22.3 Å². The first kappa shape index (κ1) is 28.5. The highest BCUT2D eigenvalue weighted by atomic mass is 79.9. The predicted molar refractivity (Wildman–Crippen MR) is 132 cm³/mol. The summed E-state index contributed by atoms with van der Waals surface area (Å²) >= 11 is 2.96. The maximum atomic E-state index is 13.3. The molecule has 2 aromatic carbocycles. The first-order valence-corrected chi connectivity index (χ1v) is 13.7. The molecule has 0 aromatic heterocycles. The van der Waals surface area contributed by atoms with Crippen molar-refractivity contribution in [2.45, 2.75) is 57.5 Å². The minimum absolute atomic E-state index is 0.153. The lowest BCUT2D eigenvalue weighted by molar-refractivity contribution is -0.206. The Bertz CT molecular complexity index is 1170. The van der Waals surface area contributed by atoms with Gasteiger partial charge in [-0.2, -0.15) is 21.6 Å². The maximum Gasteiger partial charge on any atom is 0.420 e. The van der Waals surface area contributed by atoms with Crippen LogP contribution in [0.25, 0.3) is 0 Å². The standard InChI is InChI=1S/C25H29BrF3NO5S/c1-24(2,3)23(31)34-30-14-12-18(13-15-30)5-4-17-6-9-20(10-7-17)36(32,33)35-22-11-8-19(26)16-21(22)25(27,28)29/h6-11,16,18H,4-5,12-15H2,1-3H3. The van der Waals surface area contributed by atoms with E-state index in [0.717, 1.165) is 43.4 Å². The van der Waals surface area contributed by atoms with Gasteiger partial charge in [0.05, 0.1) is 5.41 Å². The fourth-order valence-electron chi connectivity index (χ4n) is 3.70. The molecule has 0 unspecified atom stereocenters. The third-order valence-corrected chi connectivity index (χ3v) is 7.64. The Hall–Kier alpha value is -2.11. The highest BCUT2D eigenvalue weighted by Gasteiger charge is 2.36. The second-order valence-electron chi connectivity index (χ2n) is 9.86. The van der Waals surface area contributed by atoms with Crippen LogP contribution in [-0.2, 0) is 32.3 Å². The van der Waals surface area contributed by atoms with Crippen LogP contribution in [0.15, 0.2) is 51.8 Å². The molecule has 36 heavy (non-hydrogen) atoms. The number of carbonyl (C=O) groups excluding carboxylic acids is 1. The molecule has 198 valence electrons. The minimum Gasteiger partial charge on any atom is -0.378 e. The molecule has 2 aromatic rings. The summed E-state index contributed by atoms with van der Waals surface area (Å²) in [6.45, 7) is 6.76. The van der Waals surface area contributed by atoms with Gasteiger partial charge in [-0.1, -0.05) is 28.1 Å². The monoisotopic (exact) mass is 591 g/mol. The predicted octanol–water partition coefficient (Wildman–Crippen LogP) is 6.38. The van der Waals surface area contributed by atoms with Crippen LogP contribution >= 0.6 is 15.9 Å². The van der Waals surface area contributed by atoms with Crippen molar-refractivity contribution >= 4 is 32.0 Å².